The van der Waals surface area contributed by atoms with Crippen LogP contribution < -0.4 is 0 Å². The van der Waals surface area contributed by atoms with Crippen molar-refractivity contribution in [2.45, 2.75) is 31.5 Å². The summed E-state index contributed by atoms with van der Waals surface area (Å²) in [6.07, 6.45) is 0. The molecule has 2 nitrogen and oxygen atoms in total. The second-order valence-electron chi connectivity index (χ2n) is 4.86. The molecule has 0 amide bonds. The van der Waals surface area contributed by atoms with E-state index in [2.05, 4.69) is 31.1 Å². The van der Waals surface area contributed by atoms with E-state index in [0.29, 0.717) is 4.90 Å². The molecular formula is C13H18O2SSi. The van der Waals surface area contributed by atoms with Crippen molar-refractivity contribution in [1.29, 1.82) is 0 Å². The van der Waals surface area contributed by atoms with Crippen LogP contribution in [0.4, 0.5) is 0 Å². The van der Waals surface area contributed by atoms with Crippen LogP contribution in [-0.4, -0.2) is 18.9 Å². The van der Waals surface area contributed by atoms with E-state index in [-0.39, 0.29) is 6.61 Å². The van der Waals surface area contributed by atoms with E-state index in [0.717, 1.165) is 5.56 Å². The molecule has 17 heavy (non-hydrogen) atoms. The number of aryl methyl sites for hydroxylation is 1. The molecule has 0 aliphatic rings. The fourth-order valence-electron chi connectivity index (χ4n) is 1.10. The van der Waals surface area contributed by atoms with Gasteiger partial charge in [0.15, 0.2) is 11.1 Å². The third-order valence-electron chi connectivity index (χ3n) is 1.91. The van der Waals surface area contributed by atoms with Gasteiger partial charge in [-0.1, -0.05) is 43.3 Å². The molecule has 4 heteroatoms. The molecule has 1 aromatic rings. The zero-order valence-electron chi connectivity index (χ0n) is 10.7. The van der Waals surface area contributed by atoms with Gasteiger partial charge >= 0.3 is 0 Å². The topological polar surface area (TPSA) is 26.3 Å². The van der Waals surface area contributed by atoms with Gasteiger partial charge in [-0.2, -0.15) is 0 Å². The summed E-state index contributed by atoms with van der Waals surface area (Å²) in [7, 11) is -1.36. The zero-order valence-corrected chi connectivity index (χ0v) is 12.6. The quantitative estimate of drug-likeness (QED) is 0.621. The third-order valence-corrected chi connectivity index (χ3v) is 3.83. The maximum atomic E-state index is 11.7. The van der Waals surface area contributed by atoms with Gasteiger partial charge in [0.25, 0.3) is 0 Å². The van der Waals surface area contributed by atoms with Gasteiger partial charge in [0.2, 0.25) is 0 Å². The van der Waals surface area contributed by atoms with Crippen LogP contribution in [0.15, 0.2) is 29.2 Å². The fourth-order valence-corrected chi connectivity index (χ4v) is 2.36. The Bertz CT molecular complexity index is 449. The normalized spacial score (nSPS) is 12.7. The Balaban J connectivity index is 2.50. The van der Waals surface area contributed by atoms with Gasteiger partial charge in [0.05, 0.1) is 4.90 Å². The second-order valence-corrected chi connectivity index (χ2v) is 10.8. The molecule has 92 valence electrons. The van der Waals surface area contributed by atoms with Gasteiger partial charge in [-0.05, 0) is 19.1 Å². The van der Waals surface area contributed by atoms with Crippen molar-refractivity contribution in [3.8, 4) is 11.5 Å². The van der Waals surface area contributed by atoms with E-state index in [1.165, 1.54) is 0 Å². The fraction of sp³-hybridized carbons (Fsp3) is 0.385. The molecule has 0 radical (unpaired) electrons. The van der Waals surface area contributed by atoms with E-state index < -0.39 is 19.2 Å². The smallest absolute Gasteiger partial charge is 0.190 e. The van der Waals surface area contributed by atoms with Crippen LogP contribution in [-0.2, 0) is 15.3 Å². The first-order valence-electron chi connectivity index (χ1n) is 5.50. The van der Waals surface area contributed by atoms with Crippen molar-refractivity contribution in [1.82, 2.24) is 0 Å². The first-order valence-corrected chi connectivity index (χ1v) is 10.1. The molecule has 0 fully saturated rings. The van der Waals surface area contributed by atoms with E-state index in [1.807, 2.05) is 31.2 Å². The average Bonchev–Trinajstić information content (AvgIpc) is 2.24. The lowest BCUT2D eigenvalue weighted by atomic mass is 10.2. The van der Waals surface area contributed by atoms with Crippen LogP contribution in [0.3, 0.4) is 0 Å². The van der Waals surface area contributed by atoms with E-state index in [9.17, 15) is 4.21 Å². The predicted octanol–water partition coefficient (Wildman–Crippen LogP) is 2.92. The van der Waals surface area contributed by atoms with Gasteiger partial charge in [-0.3, -0.25) is 4.18 Å². The lowest BCUT2D eigenvalue weighted by molar-refractivity contribution is 0.402. The molecule has 0 spiro atoms. The summed E-state index contributed by atoms with van der Waals surface area (Å²) in [6.45, 7) is 8.71. The summed E-state index contributed by atoms with van der Waals surface area (Å²) in [6, 6.07) is 7.48. The van der Waals surface area contributed by atoms with Crippen molar-refractivity contribution in [2.75, 3.05) is 6.61 Å². The van der Waals surface area contributed by atoms with Gasteiger partial charge in [-0.15, -0.1) is 5.54 Å². The minimum absolute atomic E-state index is 0.227. The van der Waals surface area contributed by atoms with Gasteiger partial charge in [-0.25, -0.2) is 4.21 Å². The molecule has 0 aliphatic carbocycles. The van der Waals surface area contributed by atoms with Gasteiger partial charge < -0.3 is 0 Å². The van der Waals surface area contributed by atoms with Crippen LogP contribution in [0.2, 0.25) is 19.6 Å². The lowest BCUT2D eigenvalue weighted by Gasteiger charge is -2.04. The number of benzene rings is 1. The van der Waals surface area contributed by atoms with Crippen molar-refractivity contribution in [3.05, 3.63) is 29.8 Å². The largest absolute Gasteiger partial charge is 0.274 e. The minimum Gasteiger partial charge on any atom is -0.274 e. The monoisotopic (exact) mass is 266 g/mol. The Morgan fingerprint density at radius 1 is 1.24 bits per heavy atom. The molecule has 0 heterocycles. The Morgan fingerprint density at radius 3 is 2.35 bits per heavy atom. The Morgan fingerprint density at radius 2 is 1.82 bits per heavy atom. The lowest BCUT2D eigenvalue weighted by Crippen LogP contribution is -2.16. The zero-order chi connectivity index (χ0) is 12.9. The summed E-state index contributed by atoms with van der Waals surface area (Å²) in [5, 5.41) is 0. The molecule has 1 rings (SSSR count). The van der Waals surface area contributed by atoms with Gasteiger partial charge in [0, 0.05) is 0 Å². The number of hydrogen-bond acceptors (Lipinski definition) is 2. The summed E-state index contributed by atoms with van der Waals surface area (Å²) in [5.74, 6) is 2.93. The highest BCUT2D eigenvalue weighted by molar-refractivity contribution is 7.80. The van der Waals surface area contributed by atoms with Crippen molar-refractivity contribution < 1.29 is 8.39 Å². The van der Waals surface area contributed by atoms with Crippen molar-refractivity contribution in [2.24, 2.45) is 0 Å². The van der Waals surface area contributed by atoms with E-state index in [1.54, 1.807) is 0 Å². The molecule has 0 aliphatic heterocycles. The summed E-state index contributed by atoms with van der Waals surface area (Å²) < 4.78 is 16.9. The Hall–Kier alpha value is -0.893. The number of rotatable bonds is 3. The molecule has 1 aromatic carbocycles. The predicted molar refractivity (Wildman–Crippen MR) is 74.7 cm³/mol. The SMILES string of the molecule is Cc1ccc([S@@](=O)OCC#C[Si](C)(C)C)cc1. The van der Waals surface area contributed by atoms with Crippen molar-refractivity contribution >= 4 is 19.2 Å². The van der Waals surface area contributed by atoms with Crippen LogP contribution >= 0.6 is 0 Å². The highest BCUT2D eigenvalue weighted by atomic mass is 32.2. The van der Waals surface area contributed by atoms with Crippen LogP contribution in [0, 0.1) is 18.4 Å². The van der Waals surface area contributed by atoms with Crippen LogP contribution in [0.25, 0.3) is 0 Å². The maximum Gasteiger partial charge on any atom is 0.190 e. The second kappa shape index (κ2) is 6.15. The molecule has 0 unspecified atom stereocenters. The molecular weight excluding hydrogens is 248 g/mol. The minimum atomic E-state index is -1.41. The Labute approximate surface area is 107 Å². The highest BCUT2D eigenvalue weighted by Crippen LogP contribution is 2.08. The molecule has 0 saturated heterocycles. The first-order chi connectivity index (χ1) is 7.88. The number of hydrogen-bond donors (Lipinski definition) is 0. The molecule has 0 saturated carbocycles. The molecule has 0 bridgehead atoms. The van der Waals surface area contributed by atoms with E-state index in [4.69, 9.17) is 4.18 Å². The standard InChI is InChI=1S/C13H18O2SSi/c1-12-6-8-13(9-7-12)16(14)15-10-5-11-17(2,3)4/h6-9H,10H2,1-4H3/t16-/m0/s1. The molecule has 1 atom stereocenters. The van der Waals surface area contributed by atoms with Gasteiger partial charge in [0.1, 0.15) is 14.7 Å². The average molecular weight is 266 g/mol. The van der Waals surface area contributed by atoms with Crippen molar-refractivity contribution in [3.63, 3.8) is 0 Å². The summed E-state index contributed by atoms with van der Waals surface area (Å²) >= 11 is -1.41. The van der Waals surface area contributed by atoms with E-state index >= 15 is 0 Å². The maximum absolute atomic E-state index is 11.7. The first kappa shape index (κ1) is 14.2. The molecule has 0 N–H and O–H groups in total. The summed E-state index contributed by atoms with van der Waals surface area (Å²) in [4.78, 5) is 0.686. The highest BCUT2D eigenvalue weighted by Gasteiger charge is 2.07. The van der Waals surface area contributed by atoms with Crippen LogP contribution in [0.1, 0.15) is 5.56 Å². The third kappa shape index (κ3) is 5.83. The Kier molecular flexibility index (Phi) is 5.13. The van der Waals surface area contributed by atoms with Crippen LogP contribution in [0.5, 0.6) is 0 Å². The summed E-state index contributed by atoms with van der Waals surface area (Å²) in [5.41, 5.74) is 4.31. The molecule has 0 aromatic heterocycles.